The summed E-state index contributed by atoms with van der Waals surface area (Å²) in [6.07, 6.45) is -5.29. The smallest absolute Gasteiger partial charge is 0.346 e. The molecule has 36 heavy (non-hydrogen) atoms. The molecule has 3 aliphatic rings. The number of H-pyrrole nitrogens is 1. The summed E-state index contributed by atoms with van der Waals surface area (Å²) in [6.45, 7) is 1.31. The normalized spacial score (nSPS) is 24.5. The van der Waals surface area contributed by atoms with Crippen LogP contribution in [0.1, 0.15) is 44.0 Å². The van der Waals surface area contributed by atoms with Gasteiger partial charge in [0.25, 0.3) is 5.56 Å². The van der Waals surface area contributed by atoms with Crippen molar-refractivity contribution in [2.75, 3.05) is 0 Å². The maximum atomic E-state index is 14.2. The van der Waals surface area contributed by atoms with Crippen LogP contribution < -0.4 is 16.6 Å². The van der Waals surface area contributed by atoms with Crippen LogP contribution in [0.5, 0.6) is 0 Å². The zero-order valence-electron chi connectivity index (χ0n) is 18.5. The minimum absolute atomic E-state index is 0.0166. The molecule has 1 amide bonds. The van der Waals surface area contributed by atoms with Gasteiger partial charge in [0.2, 0.25) is 5.91 Å². The van der Waals surface area contributed by atoms with Crippen molar-refractivity contribution in [2.24, 2.45) is 10.8 Å². The average molecular weight is 512 g/mol. The summed E-state index contributed by atoms with van der Waals surface area (Å²) in [5.74, 6) is -3.85. The third-order valence-corrected chi connectivity index (χ3v) is 7.26. The molecule has 3 saturated carbocycles. The molecule has 2 aromatic heterocycles. The minimum atomic E-state index is -4.53. The van der Waals surface area contributed by atoms with Gasteiger partial charge in [0.05, 0.1) is 34.3 Å². The molecule has 0 saturated heterocycles. The monoisotopic (exact) mass is 512 g/mol. The number of aromatic amines is 1. The van der Waals surface area contributed by atoms with Crippen molar-refractivity contribution < 1.29 is 31.1 Å². The van der Waals surface area contributed by atoms with Crippen LogP contribution in [-0.2, 0) is 4.79 Å². The molecule has 3 aromatic rings. The Hall–Kier alpha value is -3.64. The Bertz CT molecular complexity index is 1510. The number of aromatic nitrogens is 3. The number of fused-ring (bicyclic) bond motifs is 1. The molecule has 2 atom stereocenters. The molecule has 6 rings (SSSR count). The molecular weight excluding hydrogens is 494 g/mol. The fourth-order valence-corrected chi connectivity index (χ4v) is 5.67. The first-order chi connectivity index (χ1) is 16.8. The summed E-state index contributed by atoms with van der Waals surface area (Å²) >= 11 is 0. The first kappa shape index (κ1) is 24.1. The van der Waals surface area contributed by atoms with Gasteiger partial charge in [-0.1, -0.05) is 0 Å². The number of benzene rings is 1. The van der Waals surface area contributed by atoms with E-state index in [1.54, 1.807) is 0 Å². The number of alkyl halides is 3. The maximum absolute atomic E-state index is 14.2. The number of hydrogen-bond donors (Lipinski definition) is 2. The first-order valence-electron chi connectivity index (χ1n) is 10.9. The fourth-order valence-electron chi connectivity index (χ4n) is 5.67. The Morgan fingerprint density at radius 3 is 2.39 bits per heavy atom. The number of halogens is 6. The van der Waals surface area contributed by atoms with Crippen LogP contribution in [0, 0.1) is 28.3 Å². The number of nitrogens with zero attached hydrogens (tertiary/aromatic N) is 2. The Balaban J connectivity index is 1.58. The number of nitrogens with one attached hydrogen (secondary N) is 2. The summed E-state index contributed by atoms with van der Waals surface area (Å²) in [5.41, 5.74) is -5.87. The quantitative estimate of drug-likeness (QED) is 0.510. The highest BCUT2D eigenvalue weighted by Gasteiger charge is 2.81. The van der Waals surface area contributed by atoms with Gasteiger partial charge >= 0.3 is 11.9 Å². The largest absolute Gasteiger partial charge is 0.394 e. The third kappa shape index (κ3) is 3.43. The number of amides is 1. The topological polar surface area (TPSA) is 96.9 Å². The predicted octanol–water partition coefficient (Wildman–Crippen LogP) is 3.65. The molecular formula is C23H18F6N4O3. The van der Waals surface area contributed by atoms with E-state index in [0.717, 1.165) is 24.4 Å². The van der Waals surface area contributed by atoms with Gasteiger partial charge in [-0.15, -0.1) is 0 Å². The molecule has 0 radical (unpaired) electrons. The van der Waals surface area contributed by atoms with Crippen molar-refractivity contribution in [1.82, 2.24) is 19.9 Å². The molecule has 0 aliphatic heterocycles. The van der Waals surface area contributed by atoms with Gasteiger partial charge in [0.15, 0.2) is 0 Å². The van der Waals surface area contributed by atoms with Gasteiger partial charge in [-0.05, 0) is 44.4 Å². The molecule has 0 unspecified atom stereocenters. The molecule has 190 valence electrons. The second-order valence-corrected chi connectivity index (χ2v) is 9.62. The lowest BCUT2D eigenvalue weighted by atomic mass is 9.32. The Labute approximate surface area is 198 Å². The summed E-state index contributed by atoms with van der Waals surface area (Å²) in [6, 6.07) is 0.667. The molecule has 13 heteroatoms. The lowest BCUT2D eigenvalue weighted by Crippen LogP contribution is -2.73. The van der Waals surface area contributed by atoms with Crippen LogP contribution in [0.2, 0.25) is 0 Å². The standard InChI is InChI=1S/C23H18F6N4O3/c1-10(16-14(26)5-12(25)6-30-16)31-18(34)17(21-7-22(8-21,9-21)23(27,28)29)33-19(35)13-4-11(24)2-3-15(13)32-20(33)36/h2-6,10,17H,7-9H2,1H3,(H,31,34)(H,32,36)/t10-,17+,21?,22?/m0/s1. The van der Waals surface area contributed by atoms with Crippen molar-refractivity contribution in [3.05, 3.63) is 74.4 Å². The number of carbonyl (C=O) groups is 1. The number of rotatable bonds is 5. The Kier molecular flexibility index (Phi) is 5.13. The van der Waals surface area contributed by atoms with E-state index in [4.69, 9.17) is 0 Å². The van der Waals surface area contributed by atoms with Gasteiger partial charge in [0.1, 0.15) is 23.5 Å². The lowest BCUT2D eigenvalue weighted by Gasteiger charge is -2.72. The van der Waals surface area contributed by atoms with Crippen LogP contribution >= 0.6 is 0 Å². The van der Waals surface area contributed by atoms with Crippen molar-refractivity contribution >= 4 is 16.8 Å². The first-order valence-corrected chi connectivity index (χ1v) is 10.9. The van der Waals surface area contributed by atoms with Crippen molar-refractivity contribution in [2.45, 2.75) is 44.4 Å². The summed E-state index contributed by atoms with van der Waals surface area (Å²) < 4.78 is 82.3. The highest BCUT2D eigenvalue weighted by molar-refractivity contribution is 5.83. The van der Waals surface area contributed by atoms with Crippen LogP contribution in [-0.4, -0.2) is 26.6 Å². The zero-order chi connectivity index (χ0) is 26.2. The van der Waals surface area contributed by atoms with Gasteiger partial charge in [-0.2, -0.15) is 13.2 Å². The van der Waals surface area contributed by atoms with Crippen LogP contribution in [0.25, 0.3) is 10.9 Å². The van der Waals surface area contributed by atoms with Gasteiger partial charge < -0.3 is 10.3 Å². The van der Waals surface area contributed by atoms with E-state index in [1.807, 2.05) is 0 Å². The molecule has 2 heterocycles. The van der Waals surface area contributed by atoms with Crippen LogP contribution in [0.3, 0.4) is 0 Å². The Morgan fingerprint density at radius 2 is 1.78 bits per heavy atom. The fraction of sp³-hybridized carbons (Fsp3) is 0.391. The average Bonchev–Trinajstić information content (AvgIpc) is 2.70. The van der Waals surface area contributed by atoms with Gasteiger partial charge in [0, 0.05) is 11.5 Å². The van der Waals surface area contributed by atoms with Gasteiger partial charge in [-0.25, -0.2) is 22.5 Å². The molecule has 7 nitrogen and oxygen atoms in total. The van der Waals surface area contributed by atoms with E-state index < -0.39 is 83.0 Å². The molecule has 1 aromatic carbocycles. The third-order valence-electron chi connectivity index (χ3n) is 7.26. The minimum Gasteiger partial charge on any atom is -0.346 e. The molecule has 2 bridgehead atoms. The van der Waals surface area contributed by atoms with E-state index in [1.165, 1.54) is 6.92 Å². The molecule has 0 spiro atoms. The summed E-state index contributed by atoms with van der Waals surface area (Å²) in [4.78, 5) is 45.5. The molecule has 2 N–H and O–H groups in total. The molecule has 3 fully saturated rings. The SMILES string of the molecule is C[C@H](NC(=O)[C@@H](n1c(=O)[nH]c2ccc(F)cc2c1=O)C12CC(C(F)(F)F)(C1)C2)c1ncc(F)cc1F. The van der Waals surface area contributed by atoms with E-state index in [9.17, 15) is 40.7 Å². The summed E-state index contributed by atoms with van der Waals surface area (Å²) in [5, 5.41) is 2.11. The van der Waals surface area contributed by atoms with E-state index in [0.29, 0.717) is 10.6 Å². The van der Waals surface area contributed by atoms with Crippen molar-refractivity contribution in [1.29, 1.82) is 0 Å². The highest BCUT2D eigenvalue weighted by atomic mass is 19.4. The number of carbonyl (C=O) groups excluding carboxylic acids is 1. The second kappa shape index (κ2) is 7.68. The predicted molar refractivity (Wildman–Crippen MR) is 113 cm³/mol. The van der Waals surface area contributed by atoms with E-state index in [2.05, 4.69) is 15.3 Å². The zero-order valence-corrected chi connectivity index (χ0v) is 18.5. The number of pyridine rings is 1. The van der Waals surface area contributed by atoms with Crippen LogP contribution in [0.4, 0.5) is 26.3 Å². The van der Waals surface area contributed by atoms with Crippen LogP contribution in [0.15, 0.2) is 40.1 Å². The Morgan fingerprint density at radius 1 is 1.11 bits per heavy atom. The lowest BCUT2D eigenvalue weighted by molar-refractivity contribution is -0.370. The number of hydrogen-bond acceptors (Lipinski definition) is 4. The van der Waals surface area contributed by atoms with E-state index in [-0.39, 0.29) is 16.6 Å². The van der Waals surface area contributed by atoms with Gasteiger partial charge in [-0.3, -0.25) is 14.6 Å². The van der Waals surface area contributed by atoms with Crippen molar-refractivity contribution in [3.63, 3.8) is 0 Å². The highest BCUT2D eigenvalue weighted by Crippen LogP contribution is 2.81. The second-order valence-electron chi connectivity index (χ2n) is 9.62. The molecule has 3 aliphatic carbocycles. The maximum Gasteiger partial charge on any atom is 0.394 e. The van der Waals surface area contributed by atoms with E-state index >= 15 is 0 Å². The van der Waals surface area contributed by atoms with Crippen molar-refractivity contribution in [3.8, 4) is 0 Å². The summed E-state index contributed by atoms with van der Waals surface area (Å²) in [7, 11) is 0.